The van der Waals surface area contributed by atoms with Crippen molar-refractivity contribution in [3.63, 3.8) is 0 Å². The second-order valence-corrected chi connectivity index (χ2v) is 3.85. The lowest BCUT2D eigenvalue weighted by Gasteiger charge is -1.97. The Bertz CT molecular complexity index is 612. The Labute approximate surface area is 105 Å². The van der Waals surface area contributed by atoms with Gasteiger partial charge in [-0.25, -0.2) is 9.97 Å². The van der Waals surface area contributed by atoms with Crippen molar-refractivity contribution in [2.75, 3.05) is 5.73 Å². The lowest BCUT2D eigenvalue weighted by molar-refractivity contribution is 1.15. The first-order chi connectivity index (χ1) is 8.16. The van der Waals surface area contributed by atoms with Gasteiger partial charge in [0.25, 0.3) is 0 Å². The number of hydrogen-bond donors (Lipinski definition) is 1. The van der Waals surface area contributed by atoms with Crippen LogP contribution in [0.4, 0.5) is 5.69 Å². The van der Waals surface area contributed by atoms with Gasteiger partial charge in [-0.2, -0.15) is 0 Å². The van der Waals surface area contributed by atoms with E-state index >= 15 is 0 Å². The molecule has 0 saturated heterocycles. The number of aryl methyl sites for hydroxylation is 1. The van der Waals surface area contributed by atoms with Gasteiger partial charge in [-0.05, 0) is 36.1 Å². The molecule has 1 aromatic carbocycles. The minimum atomic E-state index is 0.147. The van der Waals surface area contributed by atoms with Gasteiger partial charge in [-0.1, -0.05) is 24.1 Å². The fraction of sp³-hybridized carbons (Fsp3) is 0.0769. The lowest BCUT2D eigenvalue weighted by atomic mass is 10.1. The van der Waals surface area contributed by atoms with Crippen molar-refractivity contribution in [3.8, 4) is 11.8 Å². The van der Waals surface area contributed by atoms with Crippen molar-refractivity contribution >= 4 is 17.3 Å². The zero-order valence-electron chi connectivity index (χ0n) is 9.24. The highest BCUT2D eigenvalue weighted by Gasteiger charge is 1.99. The van der Waals surface area contributed by atoms with Gasteiger partial charge in [0.2, 0.25) is 5.28 Å². The predicted molar refractivity (Wildman–Crippen MR) is 68.6 cm³/mol. The number of benzene rings is 1. The summed E-state index contributed by atoms with van der Waals surface area (Å²) in [5, 5.41) is 0.147. The van der Waals surface area contributed by atoms with E-state index in [1.165, 1.54) is 6.20 Å². The quantitative estimate of drug-likeness (QED) is 0.571. The van der Waals surface area contributed by atoms with Crippen LogP contribution in [0.2, 0.25) is 5.28 Å². The summed E-state index contributed by atoms with van der Waals surface area (Å²) in [5.74, 6) is 5.92. The van der Waals surface area contributed by atoms with Gasteiger partial charge in [0.05, 0.1) is 11.9 Å². The van der Waals surface area contributed by atoms with E-state index in [9.17, 15) is 0 Å². The summed E-state index contributed by atoms with van der Waals surface area (Å²) in [6.45, 7) is 2.00. The van der Waals surface area contributed by atoms with Crippen LogP contribution in [0, 0.1) is 18.8 Å². The van der Waals surface area contributed by atoms with E-state index in [-0.39, 0.29) is 5.28 Å². The molecule has 1 heterocycles. The molecule has 2 aromatic rings. The highest BCUT2D eigenvalue weighted by atomic mass is 35.5. The average molecular weight is 244 g/mol. The Hall–Kier alpha value is -2.05. The molecule has 17 heavy (non-hydrogen) atoms. The molecule has 0 atom stereocenters. The Kier molecular flexibility index (Phi) is 3.27. The zero-order chi connectivity index (χ0) is 12.3. The Morgan fingerprint density at radius 2 is 2.00 bits per heavy atom. The highest BCUT2D eigenvalue weighted by Crippen LogP contribution is 2.10. The van der Waals surface area contributed by atoms with Crippen LogP contribution in [-0.2, 0) is 0 Å². The highest BCUT2D eigenvalue weighted by molar-refractivity contribution is 6.28. The molecule has 0 aliphatic rings. The van der Waals surface area contributed by atoms with Crippen molar-refractivity contribution in [2.45, 2.75) is 6.92 Å². The molecule has 0 amide bonds. The van der Waals surface area contributed by atoms with Crippen LogP contribution in [-0.4, -0.2) is 9.97 Å². The lowest BCUT2D eigenvalue weighted by Crippen LogP contribution is -1.96. The molecule has 0 radical (unpaired) electrons. The van der Waals surface area contributed by atoms with Gasteiger partial charge >= 0.3 is 0 Å². The van der Waals surface area contributed by atoms with Crippen LogP contribution in [0.3, 0.4) is 0 Å². The summed E-state index contributed by atoms with van der Waals surface area (Å²) in [5.41, 5.74) is 8.64. The maximum atomic E-state index is 5.71. The first kappa shape index (κ1) is 11.4. The van der Waals surface area contributed by atoms with E-state index in [0.29, 0.717) is 11.4 Å². The minimum Gasteiger partial charge on any atom is -0.395 e. The fourth-order valence-corrected chi connectivity index (χ4v) is 1.44. The summed E-state index contributed by atoms with van der Waals surface area (Å²) in [6, 6.07) is 7.85. The van der Waals surface area contributed by atoms with Crippen LogP contribution >= 0.6 is 11.6 Å². The monoisotopic (exact) mass is 243 g/mol. The van der Waals surface area contributed by atoms with E-state index in [2.05, 4.69) is 21.8 Å². The first-order valence-electron chi connectivity index (χ1n) is 5.02. The largest absolute Gasteiger partial charge is 0.395 e. The molecule has 84 valence electrons. The smallest absolute Gasteiger partial charge is 0.223 e. The summed E-state index contributed by atoms with van der Waals surface area (Å²) >= 11 is 5.68. The van der Waals surface area contributed by atoms with Crippen molar-refractivity contribution in [1.29, 1.82) is 0 Å². The number of nitrogens with zero attached hydrogens (tertiary/aromatic N) is 2. The maximum absolute atomic E-state index is 5.71. The van der Waals surface area contributed by atoms with Crippen molar-refractivity contribution in [1.82, 2.24) is 9.97 Å². The van der Waals surface area contributed by atoms with Crippen LogP contribution in [0.25, 0.3) is 0 Å². The van der Waals surface area contributed by atoms with Gasteiger partial charge in [0, 0.05) is 5.56 Å². The third kappa shape index (κ3) is 2.74. The maximum Gasteiger partial charge on any atom is 0.223 e. The van der Waals surface area contributed by atoms with E-state index < -0.39 is 0 Å². The molecule has 0 spiro atoms. The summed E-state index contributed by atoms with van der Waals surface area (Å²) in [7, 11) is 0. The van der Waals surface area contributed by atoms with Gasteiger partial charge in [-0.3, -0.25) is 0 Å². The predicted octanol–water partition coefficient (Wildman–Crippen LogP) is 2.42. The van der Waals surface area contributed by atoms with Gasteiger partial charge in [-0.15, -0.1) is 0 Å². The van der Waals surface area contributed by atoms with Gasteiger partial charge < -0.3 is 5.73 Å². The molecule has 0 saturated carbocycles. The standard InChI is InChI=1S/C13H10ClN3/c1-9-4-2-3-5-10(9)6-7-12-11(15)8-16-13(14)17-12/h2-5,8H,15H2,1H3. The molecule has 2 rings (SSSR count). The molecule has 0 unspecified atom stereocenters. The number of nitrogens with two attached hydrogens (primary N) is 1. The molecular weight excluding hydrogens is 234 g/mol. The molecule has 0 bridgehead atoms. The fourth-order valence-electron chi connectivity index (χ4n) is 1.31. The van der Waals surface area contributed by atoms with Crippen molar-refractivity contribution < 1.29 is 0 Å². The van der Waals surface area contributed by atoms with E-state index in [1.54, 1.807) is 0 Å². The number of halogens is 1. The van der Waals surface area contributed by atoms with Crippen molar-refractivity contribution in [2.24, 2.45) is 0 Å². The topological polar surface area (TPSA) is 51.8 Å². The van der Waals surface area contributed by atoms with Crippen LogP contribution in [0.15, 0.2) is 30.5 Å². The summed E-state index contributed by atoms with van der Waals surface area (Å²) in [4.78, 5) is 7.75. The number of nitrogen functional groups attached to an aromatic ring is 1. The van der Waals surface area contributed by atoms with E-state index in [4.69, 9.17) is 17.3 Å². The molecule has 0 aliphatic heterocycles. The van der Waals surface area contributed by atoms with Gasteiger partial charge in [0.1, 0.15) is 5.69 Å². The molecule has 4 heteroatoms. The van der Waals surface area contributed by atoms with Crippen molar-refractivity contribution in [3.05, 3.63) is 52.6 Å². The SMILES string of the molecule is Cc1ccccc1C#Cc1nc(Cl)ncc1N. The Morgan fingerprint density at radius 3 is 2.76 bits per heavy atom. The van der Waals surface area contributed by atoms with E-state index in [1.807, 2.05) is 31.2 Å². The van der Waals surface area contributed by atoms with Gasteiger partial charge in [0.15, 0.2) is 0 Å². The zero-order valence-corrected chi connectivity index (χ0v) is 9.99. The first-order valence-corrected chi connectivity index (χ1v) is 5.40. The second-order valence-electron chi connectivity index (χ2n) is 3.51. The third-order valence-electron chi connectivity index (χ3n) is 2.25. The third-order valence-corrected chi connectivity index (χ3v) is 2.43. The number of rotatable bonds is 0. The molecule has 2 N–H and O–H groups in total. The average Bonchev–Trinajstić information content (AvgIpc) is 2.32. The molecule has 0 fully saturated rings. The van der Waals surface area contributed by atoms with Crippen LogP contribution in [0.5, 0.6) is 0 Å². The molecule has 1 aromatic heterocycles. The Balaban J connectivity index is 2.40. The second kappa shape index (κ2) is 4.86. The number of hydrogen-bond acceptors (Lipinski definition) is 3. The number of anilines is 1. The minimum absolute atomic E-state index is 0.147. The molecule has 3 nitrogen and oxygen atoms in total. The number of aromatic nitrogens is 2. The van der Waals surface area contributed by atoms with Crippen LogP contribution in [0.1, 0.15) is 16.8 Å². The normalized spacial score (nSPS) is 9.53. The van der Waals surface area contributed by atoms with E-state index in [0.717, 1.165) is 11.1 Å². The molecule has 0 aliphatic carbocycles. The summed E-state index contributed by atoms with van der Waals surface area (Å²) < 4.78 is 0. The van der Waals surface area contributed by atoms with Crippen LogP contribution < -0.4 is 5.73 Å². The Morgan fingerprint density at radius 1 is 1.24 bits per heavy atom. The summed E-state index contributed by atoms with van der Waals surface area (Å²) in [6.07, 6.45) is 1.46. The molecular formula is C13H10ClN3.